The van der Waals surface area contributed by atoms with E-state index in [-0.39, 0.29) is 24.2 Å². The fraction of sp³-hybridized carbons (Fsp3) is 0.909. The van der Waals surface area contributed by atoms with Gasteiger partial charge in [-0.1, -0.05) is 6.92 Å². The van der Waals surface area contributed by atoms with Crippen molar-refractivity contribution in [2.45, 2.75) is 66.1 Å². The highest BCUT2D eigenvalue weighted by Crippen LogP contribution is 2.05. The van der Waals surface area contributed by atoms with Gasteiger partial charge < -0.3 is 10.2 Å². The van der Waals surface area contributed by atoms with E-state index in [1.165, 1.54) is 0 Å². The lowest BCUT2D eigenvalue weighted by Gasteiger charge is -2.31. The van der Waals surface area contributed by atoms with Crippen LogP contribution in [0.2, 0.25) is 0 Å². The van der Waals surface area contributed by atoms with Gasteiger partial charge in [0.15, 0.2) is 0 Å². The Morgan fingerprint density at radius 1 is 1.14 bits per heavy atom. The second-order valence-electron chi connectivity index (χ2n) is 4.35. The van der Waals surface area contributed by atoms with Crippen LogP contribution in [0.5, 0.6) is 0 Å². The van der Waals surface area contributed by atoms with Crippen molar-refractivity contribution >= 4 is 6.03 Å². The van der Waals surface area contributed by atoms with Crippen molar-refractivity contribution in [3.63, 3.8) is 0 Å². The van der Waals surface area contributed by atoms with Gasteiger partial charge in [-0.2, -0.15) is 0 Å². The fourth-order valence-electron chi connectivity index (χ4n) is 1.45. The second kappa shape index (κ2) is 5.89. The maximum Gasteiger partial charge on any atom is 0.318 e. The number of urea groups is 1. The zero-order valence-electron chi connectivity index (χ0n) is 10.3. The van der Waals surface area contributed by atoms with Crippen molar-refractivity contribution in [2.24, 2.45) is 0 Å². The number of carbonyl (C=O) groups excluding carboxylic acids is 1. The summed E-state index contributed by atoms with van der Waals surface area (Å²) in [5.41, 5.74) is 0. The highest BCUT2D eigenvalue weighted by molar-refractivity contribution is 5.75. The molecule has 2 amide bonds. The first-order chi connectivity index (χ1) is 6.40. The molecular formula is C11H24N2O. The quantitative estimate of drug-likeness (QED) is 0.743. The summed E-state index contributed by atoms with van der Waals surface area (Å²) in [6.07, 6.45) is 0.968. The molecule has 0 aliphatic rings. The number of nitrogens with one attached hydrogen (secondary N) is 1. The summed E-state index contributed by atoms with van der Waals surface area (Å²) >= 11 is 0. The van der Waals surface area contributed by atoms with Crippen LogP contribution in [0.25, 0.3) is 0 Å². The third-order valence-electron chi connectivity index (χ3n) is 2.33. The van der Waals surface area contributed by atoms with Gasteiger partial charge >= 0.3 is 6.03 Å². The molecule has 0 aromatic heterocycles. The van der Waals surface area contributed by atoms with Crippen LogP contribution in [0.3, 0.4) is 0 Å². The van der Waals surface area contributed by atoms with Crippen molar-refractivity contribution in [2.75, 3.05) is 0 Å². The summed E-state index contributed by atoms with van der Waals surface area (Å²) in [5, 5.41) is 2.98. The van der Waals surface area contributed by atoms with Gasteiger partial charge in [-0.15, -0.1) is 0 Å². The Kier molecular flexibility index (Phi) is 5.58. The van der Waals surface area contributed by atoms with E-state index in [0.717, 1.165) is 6.42 Å². The third-order valence-corrected chi connectivity index (χ3v) is 2.33. The van der Waals surface area contributed by atoms with Crippen LogP contribution >= 0.6 is 0 Å². The van der Waals surface area contributed by atoms with Crippen LogP contribution in [0, 0.1) is 0 Å². The molecule has 0 aliphatic carbocycles. The largest absolute Gasteiger partial charge is 0.336 e. The number of carbonyl (C=O) groups is 1. The van der Waals surface area contributed by atoms with E-state index >= 15 is 0 Å². The van der Waals surface area contributed by atoms with Crippen LogP contribution in [0.15, 0.2) is 0 Å². The SMILES string of the molecule is CCC(C)NC(=O)N(C(C)C)C(C)C. The maximum atomic E-state index is 11.8. The van der Waals surface area contributed by atoms with Crippen LogP contribution in [0.4, 0.5) is 4.79 Å². The molecule has 0 heterocycles. The van der Waals surface area contributed by atoms with Gasteiger partial charge in [-0.25, -0.2) is 4.79 Å². The average molecular weight is 200 g/mol. The Bertz CT molecular complexity index is 170. The van der Waals surface area contributed by atoms with Gasteiger partial charge in [0.05, 0.1) is 0 Å². The van der Waals surface area contributed by atoms with Gasteiger partial charge in [0.25, 0.3) is 0 Å². The number of nitrogens with zero attached hydrogens (tertiary/aromatic N) is 1. The molecule has 0 saturated carbocycles. The molecule has 0 fully saturated rings. The first kappa shape index (κ1) is 13.3. The molecule has 0 rings (SSSR count). The smallest absolute Gasteiger partial charge is 0.318 e. The summed E-state index contributed by atoms with van der Waals surface area (Å²) in [5.74, 6) is 0. The normalized spacial score (nSPS) is 13.1. The Hall–Kier alpha value is -0.730. The summed E-state index contributed by atoms with van der Waals surface area (Å²) < 4.78 is 0. The van der Waals surface area contributed by atoms with Crippen LogP contribution in [-0.2, 0) is 0 Å². The highest BCUT2D eigenvalue weighted by Gasteiger charge is 2.20. The molecule has 3 heteroatoms. The predicted molar refractivity (Wildman–Crippen MR) is 60.4 cm³/mol. The molecule has 0 radical (unpaired) electrons. The minimum Gasteiger partial charge on any atom is -0.336 e. The number of rotatable bonds is 4. The summed E-state index contributed by atoms with van der Waals surface area (Å²) in [6, 6.07) is 0.796. The number of hydrogen-bond acceptors (Lipinski definition) is 1. The average Bonchev–Trinajstić information content (AvgIpc) is 2.02. The van der Waals surface area contributed by atoms with Crippen molar-refractivity contribution in [1.29, 1.82) is 0 Å². The minimum absolute atomic E-state index is 0.0457. The van der Waals surface area contributed by atoms with Gasteiger partial charge in [0, 0.05) is 18.1 Å². The third kappa shape index (κ3) is 3.99. The molecule has 0 bridgehead atoms. The lowest BCUT2D eigenvalue weighted by atomic mass is 10.2. The van der Waals surface area contributed by atoms with E-state index in [9.17, 15) is 4.79 Å². The standard InChI is InChI=1S/C11H24N2O/c1-7-10(6)12-11(14)13(8(2)3)9(4)5/h8-10H,7H2,1-6H3,(H,12,14). The second-order valence-corrected chi connectivity index (χ2v) is 4.35. The van der Waals surface area contributed by atoms with E-state index in [4.69, 9.17) is 0 Å². The lowest BCUT2D eigenvalue weighted by Crippen LogP contribution is -2.49. The molecule has 0 spiro atoms. The molecule has 1 N–H and O–H groups in total. The van der Waals surface area contributed by atoms with Crippen molar-refractivity contribution in [3.8, 4) is 0 Å². The molecule has 0 saturated heterocycles. The first-order valence-corrected chi connectivity index (χ1v) is 5.48. The Morgan fingerprint density at radius 3 is 1.86 bits per heavy atom. The molecular weight excluding hydrogens is 176 g/mol. The van der Waals surface area contributed by atoms with E-state index in [0.29, 0.717) is 0 Å². The number of amides is 2. The molecule has 1 atom stereocenters. The maximum absolute atomic E-state index is 11.8. The summed E-state index contributed by atoms with van der Waals surface area (Å²) in [4.78, 5) is 13.7. The van der Waals surface area contributed by atoms with Gasteiger partial charge in [0.1, 0.15) is 0 Å². The van der Waals surface area contributed by atoms with Gasteiger partial charge in [0.2, 0.25) is 0 Å². The van der Waals surface area contributed by atoms with E-state index < -0.39 is 0 Å². The minimum atomic E-state index is 0.0457. The van der Waals surface area contributed by atoms with Gasteiger partial charge in [-0.05, 0) is 41.0 Å². The van der Waals surface area contributed by atoms with E-state index in [1.54, 1.807) is 0 Å². The highest BCUT2D eigenvalue weighted by atomic mass is 16.2. The zero-order chi connectivity index (χ0) is 11.3. The van der Waals surface area contributed by atoms with Crippen molar-refractivity contribution in [3.05, 3.63) is 0 Å². The Balaban J connectivity index is 4.30. The molecule has 14 heavy (non-hydrogen) atoms. The van der Waals surface area contributed by atoms with E-state index in [1.807, 2.05) is 39.5 Å². The fourth-order valence-corrected chi connectivity index (χ4v) is 1.45. The molecule has 0 aliphatic heterocycles. The molecule has 84 valence electrons. The predicted octanol–water partition coefficient (Wildman–Crippen LogP) is 2.61. The van der Waals surface area contributed by atoms with Crippen molar-refractivity contribution in [1.82, 2.24) is 10.2 Å². The monoisotopic (exact) mass is 200 g/mol. The molecule has 0 aromatic carbocycles. The van der Waals surface area contributed by atoms with Gasteiger partial charge in [-0.3, -0.25) is 0 Å². The van der Waals surface area contributed by atoms with Crippen molar-refractivity contribution < 1.29 is 4.79 Å². The molecule has 1 unspecified atom stereocenters. The van der Waals surface area contributed by atoms with Crippen LogP contribution < -0.4 is 5.32 Å². The molecule has 3 nitrogen and oxygen atoms in total. The first-order valence-electron chi connectivity index (χ1n) is 5.48. The number of hydrogen-bond donors (Lipinski definition) is 1. The Morgan fingerprint density at radius 2 is 1.57 bits per heavy atom. The summed E-state index contributed by atoms with van der Waals surface area (Å²) in [6.45, 7) is 12.2. The zero-order valence-corrected chi connectivity index (χ0v) is 10.3. The molecule has 0 aromatic rings. The topological polar surface area (TPSA) is 32.3 Å². The summed E-state index contributed by atoms with van der Waals surface area (Å²) in [7, 11) is 0. The lowest BCUT2D eigenvalue weighted by molar-refractivity contribution is 0.162. The van der Waals surface area contributed by atoms with Crippen LogP contribution in [0.1, 0.15) is 48.0 Å². The van der Waals surface area contributed by atoms with Crippen LogP contribution in [-0.4, -0.2) is 29.1 Å². The van der Waals surface area contributed by atoms with E-state index in [2.05, 4.69) is 12.2 Å². The Labute approximate surface area is 87.9 Å².